The highest BCUT2D eigenvalue weighted by Gasteiger charge is 2.28. The fourth-order valence-corrected chi connectivity index (χ4v) is 4.85. The number of rotatable bonds is 3. The van der Waals surface area contributed by atoms with Crippen LogP contribution in [0.25, 0.3) is 18.0 Å². The predicted molar refractivity (Wildman–Crippen MR) is 132 cm³/mol. The Labute approximate surface area is 194 Å². The molecule has 0 saturated carbocycles. The van der Waals surface area contributed by atoms with Gasteiger partial charge in [-0.25, -0.2) is 4.79 Å². The second-order valence-corrected chi connectivity index (χ2v) is 8.77. The van der Waals surface area contributed by atoms with Gasteiger partial charge in [-0.05, 0) is 62.4 Å². The molecule has 0 bridgehead atoms. The molecule has 2 amide bonds. The van der Waals surface area contributed by atoms with Gasteiger partial charge in [-0.2, -0.15) is 0 Å². The van der Waals surface area contributed by atoms with Crippen molar-refractivity contribution in [1.29, 1.82) is 0 Å². The molecule has 2 saturated heterocycles. The number of piperidine rings is 1. The number of carbonyl (C=O) groups is 1. The summed E-state index contributed by atoms with van der Waals surface area (Å²) in [7, 11) is 0. The summed E-state index contributed by atoms with van der Waals surface area (Å²) in [4.78, 5) is 21.3. The van der Waals surface area contributed by atoms with Crippen LogP contribution in [0.4, 0.5) is 4.79 Å². The number of likely N-dealkylation sites (tertiary alicyclic amines) is 1. The van der Waals surface area contributed by atoms with Gasteiger partial charge >= 0.3 is 6.03 Å². The number of hydrogen-bond donors (Lipinski definition) is 1. The van der Waals surface area contributed by atoms with Crippen LogP contribution in [-0.2, 0) is 0 Å². The van der Waals surface area contributed by atoms with Crippen molar-refractivity contribution in [3.63, 3.8) is 0 Å². The molecule has 0 radical (unpaired) electrons. The lowest BCUT2D eigenvalue weighted by molar-refractivity contribution is 0.134. The summed E-state index contributed by atoms with van der Waals surface area (Å²) in [5, 5.41) is 6.33. The summed E-state index contributed by atoms with van der Waals surface area (Å²) in [6, 6.07) is 8.09. The van der Waals surface area contributed by atoms with Crippen molar-refractivity contribution in [3.05, 3.63) is 51.6 Å². The Morgan fingerprint density at radius 1 is 1.06 bits per heavy atom. The number of urea groups is 1. The maximum absolute atomic E-state index is 12.9. The quantitative estimate of drug-likeness (QED) is 0.726. The van der Waals surface area contributed by atoms with Gasteiger partial charge in [-0.15, -0.1) is 0 Å². The number of nitrogens with one attached hydrogen (secondary N) is 1. The topological polar surface area (TPSA) is 52.9 Å². The van der Waals surface area contributed by atoms with Crippen LogP contribution in [-0.4, -0.2) is 65.9 Å². The Morgan fingerprint density at radius 3 is 2.34 bits per heavy atom. The molecule has 0 aliphatic carbocycles. The first kappa shape index (κ1) is 22.6. The van der Waals surface area contributed by atoms with Crippen LogP contribution >= 0.6 is 11.6 Å². The molecule has 4 rings (SSSR count). The van der Waals surface area contributed by atoms with Crippen LogP contribution in [0.3, 0.4) is 0 Å². The lowest BCUT2D eigenvalue weighted by atomic mass is 9.90. The molecule has 0 unspecified atom stereocenters. The molecule has 1 aromatic heterocycles. The van der Waals surface area contributed by atoms with Gasteiger partial charge in [0.25, 0.3) is 0 Å². The minimum absolute atomic E-state index is 0.192. The number of nitrogens with zero attached hydrogens (tertiary/aromatic N) is 4. The monoisotopic (exact) mass is 453 g/mol. The third kappa shape index (κ3) is 4.76. The second-order valence-electron chi connectivity index (χ2n) is 8.34. The largest absolute Gasteiger partial charge is 0.325 e. The Bertz CT molecular complexity index is 1070. The van der Waals surface area contributed by atoms with E-state index in [1.54, 1.807) is 6.21 Å². The van der Waals surface area contributed by atoms with Gasteiger partial charge in [-0.3, -0.25) is 4.99 Å². The third-order valence-corrected chi connectivity index (χ3v) is 6.70. The van der Waals surface area contributed by atoms with E-state index in [2.05, 4.69) is 34.1 Å². The second kappa shape index (κ2) is 10.4. The number of aliphatic imine (C=N–C) groups is 1. The van der Waals surface area contributed by atoms with Crippen LogP contribution in [0.2, 0.25) is 5.02 Å². The van der Waals surface area contributed by atoms with Crippen LogP contribution in [0.15, 0.2) is 35.5 Å². The average Bonchev–Trinajstić information content (AvgIpc) is 3.21. The highest BCUT2D eigenvalue weighted by Crippen LogP contribution is 2.27. The number of aromatic nitrogens is 1. The minimum Gasteiger partial charge on any atom is -0.325 e. The smallest absolute Gasteiger partial charge is 0.320 e. The minimum atomic E-state index is 0.192. The van der Waals surface area contributed by atoms with E-state index in [9.17, 15) is 4.79 Å². The summed E-state index contributed by atoms with van der Waals surface area (Å²) in [5.41, 5.74) is 2.39. The molecule has 2 aliphatic heterocycles. The Balaban J connectivity index is 1.60. The molecular weight excluding hydrogens is 422 g/mol. The number of carbonyl (C=O) groups excluding carboxylic acids is 1. The van der Waals surface area contributed by atoms with Crippen molar-refractivity contribution in [2.75, 3.05) is 39.3 Å². The zero-order valence-corrected chi connectivity index (χ0v) is 19.7. The zero-order chi connectivity index (χ0) is 22.5. The van der Waals surface area contributed by atoms with E-state index in [0.29, 0.717) is 5.92 Å². The predicted octanol–water partition coefficient (Wildman–Crippen LogP) is 2.96. The number of hydrogen-bond acceptors (Lipinski definition) is 3. The molecular formula is C25H32ClN5O. The van der Waals surface area contributed by atoms with Crippen molar-refractivity contribution in [3.8, 4) is 5.69 Å². The first-order valence-electron chi connectivity index (χ1n) is 11.5. The van der Waals surface area contributed by atoms with E-state index in [-0.39, 0.29) is 6.03 Å². The lowest BCUT2D eigenvalue weighted by Crippen LogP contribution is -2.53. The van der Waals surface area contributed by atoms with Gasteiger partial charge in [0.2, 0.25) is 0 Å². The molecule has 2 aliphatic rings. The van der Waals surface area contributed by atoms with Crippen molar-refractivity contribution < 1.29 is 4.79 Å². The van der Waals surface area contributed by atoms with Crippen LogP contribution in [0, 0.1) is 0 Å². The molecule has 6 nitrogen and oxygen atoms in total. The van der Waals surface area contributed by atoms with Crippen molar-refractivity contribution in [2.24, 2.45) is 4.99 Å². The van der Waals surface area contributed by atoms with Gasteiger partial charge in [0.1, 0.15) is 0 Å². The summed E-state index contributed by atoms with van der Waals surface area (Å²) in [5.74, 6) is 0.416. The van der Waals surface area contributed by atoms with E-state index in [1.165, 1.54) is 10.8 Å². The molecule has 2 fully saturated rings. The zero-order valence-electron chi connectivity index (χ0n) is 18.9. The fraction of sp³-hybridized carbons (Fsp3) is 0.440. The highest BCUT2D eigenvalue weighted by atomic mass is 35.5. The van der Waals surface area contributed by atoms with Gasteiger partial charge in [0.15, 0.2) is 0 Å². The van der Waals surface area contributed by atoms with Crippen LogP contribution in [0.5, 0.6) is 0 Å². The normalized spacial score (nSPS) is 19.3. The van der Waals surface area contributed by atoms with Gasteiger partial charge in [-0.1, -0.05) is 17.7 Å². The third-order valence-electron chi connectivity index (χ3n) is 6.45. The molecule has 7 heteroatoms. The lowest BCUT2D eigenvalue weighted by Gasteiger charge is -2.37. The maximum Gasteiger partial charge on any atom is 0.320 e. The fourth-order valence-electron chi connectivity index (χ4n) is 4.73. The standard InChI is InChI=1S/C25H32ClN5O/c1-3-22-23(18-31(24(22)17-27-4-2)21-7-5-20(26)6-8-21)19-9-13-29(14-10-19)25(32)30-15-11-28-12-16-30/h3-8,17-19,28H,9-16H2,1-2H3/b22-3-,24-17+,27-4?. The van der Waals surface area contributed by atoms with E-state index >= 15 is 0 Å². The number of benzene rings is 1. The van der Waals surface area contributed by atoms with Crippen LogP contribution in [0.1, 0.15) is 38.2 Å². The number of halogens is 1. The van der Waals surface area contributed by atoms with Crippen molar-refractivity contribution in [2.45, 2.75) is 32.6 Å². The molecule has 0 atom stereocenters. The molecule has 0 spiro atoms. The molecule has 1 N–H and O–H groups in total. The van der Waals surface area contributed by atoms with Gasteiger partial charge in [0.05, 0.1) is 11.5 Å². The first-order chi connectivity index (χ1) is 15.6. The van der Waals surface area contributed by atoms with E-state index in [4.69, 9.17) is 11.6 Å². The number of amides is 2. The van der Waals surface area contributed by atoms with E-state index < -0.39 is 0 Å². The van der Waals surface area contributed by atoms with Crippen molar-refractivity contribution in [1.82, 2.24) is 19.7 Å². The summed E-state index contributed by atoms with van der Waals surface area (Å²) in [6.45, 7) is 8.98. The molecule has 1 aromatic carbocycles. The Morgan fingerprint density at radius 2 is 1.72 bits per heavy atom. The average molecular weight is 454 g/mol. The van der Waals surface area contributed by atoms with Gasteiger partial charge in [0, 0.05) is 67.6 Å². The maximum atomic E-state index is 12.9. The SMILES string of the molecule is CC=N/C=c1\c(=C/C)c(C2CCN(C(=O)N3CCNCC3)CC2)cn1-c1ccc(Cl)cc1. The first-order valence-corrected chi connectivity index (χ1v) is 11.9. The highest BCUT2D eigenvalue weighted by molar-refractivity contribution is 6.30. The summed E-state index contributed by atoms with van der Waals surface area (Å²) in [6.07, 6.45) is 10.1. The Kier molecular flexibility index (Phi) is 7.33. The molecule has 170 valence electrons. The molecule has 3 heterocycles. The van der Waals surface area contributed by atoms with Gasteiger partial charge < -0.3 is 19.7 Å². The molecule has 32 heavy (non-hydrogen) atoms. The summed E-state index contributed by atoms with van der Waals surface area (Å²) < 4.78 is 2.20. The van der Waals surface area contributed by atoms with E-state index in [1.807, 2.05) is 47.2 Å². The molecule has 2 aromatic rings. The van der Waals surface area contributed by atoms with Crippen LogP contribution < -0.4 is 15.9 Å². The van der Waals surface area contributed by atoms with Crippen molar-refractivity contribution >= 4 is 36.1 Å². The number of piperazine rings is 1. The van der Waals surface area contributed by atoms with E-state index in [0.717, 1.165) is 68.2 Å². The summed E-state index contributed by atoms with van der Waals surface area (Å²) >= 11 is 6.12. The Hall–Kier alpha value is -2.57.